The maximum atomic E-state index is 4.06. The highest BCUT2D eigenvalue weighted by Crippen LogP contribution is 2.07. The van der Waals surface area contributed by atoms with Crippen LogP contribution in [0.2, 0.25) is 0 Å². The second-order valence-electron chi connectivity index (χ2n) is 3.90. The molecule has 0 unspecified atom stereocenters. The van der Waals surface area contributed by atoms with Crippen LogP contribution in [0.3, 0.4) is 0 Å². The van der Waals surface area contributed by atoms with E-state index in [-0.39, 0.29) is 0 Å². The summed E-state index contributed by atoms with van der Waals surface area (Å²) >= 11 is 0. The molecule has 0 aliphatic carbocycles. The van der Waals surface area contributed by atoms with Crippen LogP contribution in [0.4, 0.5) is 0 Å². The fourth-order valence-corrected chi connectivity index (χ4v) is 1.60. The summed E-state index contributed by atoms with van der Waals surface area (Å²) in [5, 5.41) is 7.97. The van der Waals surface area contributed by atoms with Crippen LogP contribution in [0, 0.1) is 0 Å². The van der Waals surface area contributed by atoms with Gasteiger partial charge in [-0.25, -0.2) is 0 Å². The Morgan fingerprint density at radius 1 is 1.14 bits per heavy atom. The van der Waals surface area contributed by atoms with Gasteiger partial charge in [-0.2, -0.15) is 0 Å². The molecule has 80 valence electrons. The highest BCUT2D eigenvalue weighted by Gasteiger charge is 1.97. The first-order valence-electron chi connectivity index (χ1n) is 5.68. The van der Waals surface area contributed by atoms with Crippen LogP contribution in [-0.2, 0) is 13.5 Å². The van der Waals surface area contributed by atoms with E-state index in [0.717, 1.165) is 12.1 Å². The van der Waals surface area contributed by atoms with Crippen molar-refractivity contribution in [2.45, 2.75) is 51.9 Å². The Morgan fingerprint density at radius 3 is 2.50 bits per heavy atom. The second-order valence-corrected chi connectivity index (χ2v) is 3.90. The lowest BCUT2D eigenvalue weighted by Crippen LogP contribution is -1.86. The molecular formula is C11H21N3. The van der Waals surface area contributed by atoms with E-state index in [1.54, 1.807) is 4.68 Å². The SMILES string of the molecule is CCCCCCCCc1cn(C)nn1. The van der Waals surface area contributed by atoms with Gasteiger partial charge < -0.3 is 0 Å². The van der Waals surface area contributed by atoms with Crippen LogP contribution in [0.5, 0.6) is 0 Å². The van der Waals surface area contributed by atoms with E-state index >= 15 is 0 Å². The van der Waals surface area contributed by atoms with Gasteiger partial charge in [-0.05, 0) is 12.8 Å². The van der Waals surface area contributed by atoms with E-state index in [0.29, 0.717) is 0 Å². The number of hydrogen-bond acceptors (Lipinski definition) is 2. The molecule has 0 aliphatic rings. The summed E-state index contributed by atoms with van der Waals surface area (Å²) in [6.45, 7) is 2.25. The Bertz CT molecular complexity index is 242. The predicted molar refractivity (Wildman–Crippen MR) is 58.1 cm³/mol. The molecule has 14 heavy (non-hydrogen) atoms. The third kappa shape index (κ3) is 4.40. The molecule has 0 saturated heterocycles. The third-order valence-corrected chi connectivity index (χ3v) is 2.44. The Kier molecular flexibility index (Phi) is 5.27. The molecule has 0 spiro atoms. The van der Waals surface area contributed by atoms with Gasteiger partial charge in [0.25, 0.3) is 0 Å². The van der Waals surface area contributed by atoms with Gasteiger partial charge in [-0.15, -0.1) is 5.10 Å². The smallest absolute Gasteiger partial charge is 0.0827 e. The van der Waals surface area contributed by atoms with Crippen LogP contribution in [0.1, 0.15) is 51.1 Å². The van der Waals surface area contributed by atoms with Gasteiger partial charge in [-0.3, -0.25) is 4.68 Å². The molecule has 0 atom stereocenters. The summed E-state index contributed by atoms with van der Waals surface area (Å²) in [6, 6.07) is 0. The minimum absolute atomic E-state index is 1.08. The number of unbranched alkanes of at least 4 members (excludes halogenated alkanes) is 5. The molecule has 1 aromatic rings. The van der Waals surface area contributed by atoms with Crippen LogP contribution in [0.15, 0.2) is 6.20 Å². The number of aryl methyl sites for hydroxylation is 2. The maximum absolute atomic E-state index is 4.06. The zero-order valence-electron chi connectivity index (χ0n) is 9.37. The van der Waals surface area contributed by atoms with Gasteiger partial charge in [0.1, 0.15) is 0 Å². The summed E-state index contributed by atoms with van der Waals surface area (Å²) in [5.74, 6) is 0. The monoisotopic (exact) mass is 195 g/mol. The van der Waals surface area contributed by atoms with Crippen molar-refractivity contribution in [3.63, 3.8) is 0 Å². The average Bonchev–Trinajstić information content (AvgIpc) is 2.58. The molecule has 0 fully saturated rings. The molecule has 1 rings (SSSR count). The molecule has 0 aliphatic heterocycles. The van der Waals surface area contributed by atoms with E-state index in [1.807, 2.05) is 13.2 Å². The van der Waals surface area contributed by atoms with E-state index in [2.05, 4.69) is 17.2 Å². The molecule has 1 aromatic heterocycles. The highest BCUT2D eigenvalue weighted by atomic mass is 15.4. The zero-order valence-corrected chi connectivity index (χ0v) is 9.37. The van der Waals surface area contributed by atoms with E-state index in [9.17, 15) is 0 Å². The van der Waals surface area contributed by atoms with Crippen molar-refractivity contribution >= 4 is 0 Å². The van der Waals surface area contributed by atoms with Gasteiger partial charge in [0.15, 0.2) is 0 Å². The lowest BCUT2D eigenvalue weighted by molar-refractivity contribution is 0.604. The van der Waals surface area contributed by atoms with Crippen molar-refractivity contribution in [1.82, 2.24) is 15.0 Å². The second kappa shape index (κ2) is 6.57. The van der Waals surface area contributed by atoms with Gasteiger partial charge >= 0.3 is 0 Å². The quantitative estimate of drug-likeness (QED) is 0.626. The molecular weight excluding hydrogens is 174 g/mol. The van der Waals surface area contributed by atoms with Crippen molar-refractivity contribution in [3.8, 4) is 0 Å². The summed E-state index contributed by atoms with van der Waals surface area (Å²) in [4.78, 5) is 0. The fourth-order valence-electron chi connectivity index (χ4n) is 1.60. The van der Waals surface area contributed by atoms with Crippen LogP contribution in [-0.4, -0.2) is 15.0 Å². The molecule has 0 bridgehead atoms. The standard InChI is InChI=1S/C11H21N3/c1-3-4-5-6-7-8-9-11-10-14(2)13-12-11/h10H,3-9H2,1-2H3. The van der Waals surface area contributed by atoms with E-state index < -0.39 is 0 Å². The zero-order chi connectivity index (χ0) is 10.2. The Labute approximate surface area is 86.5 Å². The number of aromatic nitrogens is 3. The van der Waals surface area contributed by atoms with Crippen molar-refractivity contribution < 1.29 is 0 Å². The van der Waals surface area contributed by atoms with E-state index in [4.69, 9.17) is 0 Å². The highest BCUT2D eigenvalue weighted by molar-refractivity contribution is 4.91. The molecule has 1 heterocycles. The Morgan fingerprint density at radius 2 is 1.86 bits per heavy atom. The Hall–Kier alpha value is -0.860. The maximum Gasteiger partial charge on any atom is 0.0827 e. The topological polar surface area (TPSA) is 30.7 Å². The molecule has 0 saturated carbocycles. The molecule has 0 N–H and O–H groups in total. The molecule has 0 radical (unpaired) electrons. The van der Waals surface area contributed by atoms with Crippen LogP contribution in [0.25, 0.3) is 0 Å². The van der Waals surface area contributed by atoms with Crippen molar-refractivity contribution in [2.24, 2.45) is 7.05 Å². The van der Waals surface area contributed by atoms with Crippen LogP contribution < -0.4 is 0 Å². The first kappa shape index (κ1) is 11.2. The number of nitrogens with zero attached hydrogens (tertiary/aromatic N) is 3. The van der Waals surface area contributed by atoms with Crippen LogP contribution >= 0.6 is 0 Å². The lowest BCUT2D eigenvalue weighted by Gasteiger charge is -1.98. The van der Waals surface area contributed by atoms with Gasteiger partial charge in [0, 0.05) is 13.2 Å². The molecule has 0 aromatic carbocycles. The number of rotatable bonds is 7. The normalized spacial score (nSPS) is 10.7. The summed E-state index contributed by atoms with van der Waals surface area (Å²) in [6.07, 6.45) is 11.1. The van der Waals surface area contributed by atoms with Crippen molar-refractivity contribution in [2.75, 3.05) is 0 Å². The largest absolute Gasteiger partial charge is 0.255 e. The van der Waals surface area contributed by atoms with E-state index in [1.165, 1.54) is 38.5 Å². The minimum Gasteiger partial charge on any atom is -0.255 e. The van der Waals surface area contributed by atoms with Gasteiger partial charge in [0.2, 0.25) is 0 Å². The summed E-state index contributed by atoms with van der Waals surface area (Å²) in [7, 11) is 1.91. The fraction of sp³-hybridized carbons (Fsp3) is 0.818. The summed E-state index contributed by atoms with van der Waals surface area (Å²) in [5.41, 5.74) is 1.13. The van der Waals surface area contributed by atoms with Crippen molar-refractivity contribution in [1.29, 1.82) is 0 Å². The molecule has 3 nitrogen and oxygen atoms in total. The lowest BCUT2D eigenvalue weighted by atomic mass is 10.1. The van der Waals surface area contributed by atoms with Gasteiger partial charge in [-0.1, -0.05) is 44.2 Å². The van der Waals surface area contributed by atoms with Gasteiger partial charge in [0.05, 0.1) is 5.69 Å². The first-order valence-corrected chi connectivity index (χ1v) is 5.68. The molecule has 3 heteroatoms. The predicted octanol–water partition coefficient (Wildman–Crippen LogP) is 2.72. The third-order valence-electron chi connectivity index (χ3n) is 2.44. The first-order chi connectivity index (χ1) is 6.83. The van der Waals surface area contributed by atoms with Crippen molar-refractivity contribution in [3.05, 3.63) is 11.9 Å². The Balaban J connectivity index is 1.99. The minimum atomic E-state index is 1.08. The summed E-state index contributed by atoms with van der Waals surface area (Å²) < 4.78 is 1.77. The average molecular weight is 195 g/mol. The molecule has 0 amide bonds. The number of hydrogen-bond donors (Lipinski definition) is 0.